The van der Waals surface area contributed by atoms with Crippen LogP contribution >= 0.6 is 11.6 Å². The first-order valence-corrected chi connectivity index (χ1v) is 12.0. The van der Waals surface area contributed by atoms with Crippen molar-refractivity contribution in [2.24, 2.45) is 0 Å². The summed E-state index contributed by atoms with van der Waals surface area (Å²) in [6.07, 6.45) is 0. The van der Waals surface area contributed by atoms with Crippen LogP contribution in [0.4, 0.5) is 11.6 Å². The molecule has 4 aromatic rings. The van der Waals surface area contributed by atoms with Gasteiger partial charge in [-0.1, -0.05) is 48.0 Å². The van der Waals surface area contributed by atoms with Gasteiger partial charge in [-0.05, 0) is 41.1 Å². The zero-order chi connectivity index (χ0) is 25.3. The molecule has 0 unspecified atom stereocenters. The molecule has 8 nitrogen and oxygen atoms in total. The van der Waals surface area contributed by atoms with E-state index in [1.165, 1.54) is 6.92 Å². The fraction of sp³-hybridized carbons (Fsp3) is 0.185. The Balaban J connectivity index is 1.41. The SMILES string of the molecule is CC(=O)NCCNc1cc(NCCNC(=O)c2cccc3ccccc23)nc(-c2ccc(Cl)cc2)n1. The first kappa shape index (κ1) is 24.9. The van der Waals surface area contributed by atoms with Crippen molar-refractivity contribution in [3.05, 3.63) is 83.4 Å². The van der Waals surface area contributed by atoms with Gasteiger partial charge in [0.2, 0.25) is 5.91 Å². The zero-order valence-corrected chi connectivity index (χ0v) is 20.6. The number of aromatic nitrogens is 2. The zero-order valence-electron chi connectivity index (χ0n) is 19.8. The molecule has 0 atom stereocenters. The molecule has 0 saturated heterocycles. The Morgan fingerprint density at radius 1 is 0.778 bits per heavy atom. The van der Waals surface area contributed by atoms with Gasteiger partial charge in [0.05, 0.1) is 0 Å². The number of benzene rings is 3. The molecular formula is C27H27ClN6O2. The molecule has 4 rings (SSSR count). The maximum absolute atomic E-state index is 12.8. The minimum absolute atomic E-state index is 0.0887. The van der Waals surface area contributed by atoms with Gasteiger partial charge >= 0.3 is 0 Å². The van der Waals surface area contributed by atoms with E-state index in [9.17, 15) is 9.59 Å². The number of carbonyl (C=O) groups is 2. The average molecular weight is 503 g/mol. The van der Waals surface area contributed by atoms with E-state index in [-0.39, 0.29) is 11.8 Å². The molecule has 1 aromatic heterocycles. The maximum atomic E-state index is 12.8. The van der Waals surface area contributed by atoms with Gasteiger partial charge < -0.3 is 21.3 Å². The van der Waals surface area contributed by atoms with Gasteiger partial charge in [-0.2, -0.15) is 0 Å². The summed E-state index contributed by atoms with van der Waals surface area (Å²) in [5.41, 5.74) is 1.46. The van der Waals surface area contributed by atoms with Crippen LogP contribution in [0.3, 0.4) is 0 Å². The lowest BCUT2D eigenvalue weighted by Crippen LogP contribution is -2.29. The van der Waals surface area contributed by atoms with Crippen molar-refractivity contribution in [3.63, 3.8) is 0 Å². The lowest BCUT2D eigenvalue weighted by atomic mass is 10.0. The number of hydrogen-bond acceptors (Lipinski definition) is 6. The molecule has 9 heteroatoms. The number of rotatable bonds is 10. The molecule has 3 aromatic carbocycles. The molecule has 36 heavy (non-hydrogen) atoms. The van der Waals surface area contributed by atoms with E-state index in [0.29, 0.717) is 54.2 Å². The highest BCUT2D eigenvalue weighted by Gasteiger charge is 2.10. The van der Waals surface area contributed by atoms with Crippen LogP contribution in [0.1, 0.15) is 17.3 Å². The highest BCUT2D eigenvalue weighted by Crippen LogP contribution is 2.22. The molecule has 0 radical (unpaired) electrons. The predicted molar refractivity (Wildman–Crippen MR) is 144 cm³/mol. The first-order valence-electron chi connectivity index (χ1n) is 11.6. The summed E-state index contributed by atoms with van der Waals surface area (Å²) >= 11 is 6.02. The van der Waals surface area contributed by atoms with E-state index in [0.717, 1.165) is 16.3 Å². The number of amides is 2. The second kappa shape index (κ2) is 12.0. The van der Waals surface area contributed by atoms with Crippen molar-refractivity contribution in [2.45, 2.75) is 6.92 Å². The molecule has 0 saturated carbocycles. The lowest BCUT2D eigenvalue weighted by Gasteiger charge is -2.13. The normalized spacial score (nSPS) is 10.6. The summed E-state index contributed by atoms with van der Waals surface area (Å²) < 4.78 is 0. The summed E-state index contributed by atoms with van der Waals surface area (Å²) in [6, 6.07) is 22.6. The number of nitrogens with zero attached hydrogens (tertiary/aromatic N) is 2. The molecule has 0 aliphatic carbocycles. The van der Waals surface area contributed by atoms with Crippen molar-refractivity contribution in [2.75, 3.05) is 36.8 Å². The molecule has 2 amide bonds. The van der Waals surface area contributed by atoms with Gasteiger partial charge in [0, 0.05) is 55.3 Å². The van der Waals surface area contributed by atoms with Gasteiger partial charge in [-0.15, -0.1) is 0 Å². The number of nitrogens with one attached hydrogen (secondary N) is 4. The third-order valence-electron chi connectivity index (χ3n) is 5.38. The third-order valence-corrected chi connectivity index (χ3v) is 5.64. The number of fused-ring (bicyclic) bond motifs is 1. The van der Waals surface area contributed by atoms with Crippen LogP contribution < -0.4 is 21.3 Å². The standard InChI is InChI=1S/C27H27ClN6O2/c1-18(35)29-13-14-30-24-17-25(34-26(33-24)20-9-11-21(28)12-10-20)31-15-16-32-27(36)23-8-4-6-19-5-2-3-7-22(19)23/h2-12,17H,13-16H2,1H3,(H,29,35)(H,32,36)(H2,30,31,33,34). The second-order valence-corrected chi connectivity index (χ2v) is 8.52. The monoisotopic (exact) mass is 502 g/mol. The fourth-order valence-corrected chi connectivity index (χ4v) is 3.80. The molecular weight excluding hydrogens is 476 g/mol. The number of hydrogen-bond donors (Lipinski definition) is 4. The molecule has 4 N–H and O–H groups in total. The highest BCUT2D eigenvalue weighted by atomic mass is 35.5. The minimum Gasteiger partial charge on any atom is -0.368 e. The Kier molecular flexibility index (Phi) is 8.31. The summed E-state index contributed by atoms with van der Waals surface area (Å²) in [4.78, 5) is 33.1. The Bertz CT molecular complexity index is 1350. The number of halogens is 1. The fourth-order valence-electron chi connectivity index (χ4n) is 3.67. The van der Waals surface area contributed by atoms with E-state index < -0.39 is 0 Å². The van der Waals surface area contributed by atoms with Crippen LogP contribution in [0.25, 0.3) is 22.2 Å². The van der Waals surface area contributed by atoms with Gasteiger partial charge in [0.25, 0.3) is 5.91 Å². The molecule has 0 spiro atoms. The molecule has 1 heterocycles. The largest absolute Gasteiger partial charge is 0.368 e. The minimum atomic E-state index is -0.126. The van der Waals surface area contributed by atoms with Crippen LogP contribution in [-0.2, 0) is 4.79 Å². The van der Waals surface area contributed by atoms with Crippen LogP contribution in [0, 0.1) is 0 Å². The van der Waals surface area contributed by atoms with Gasteiger partial charge in [-0.3, -0.25) is 9.59 Å². The van der Waals surface area contributed by atoms with E-state index in [4.69, 9.17) is 11.6 Å². The molecule has 184 valence electrons. The van der Waals surface area contributed by atoms with Gasteiger partial charge in [-0.25, -0.2) is 9.97 Å². The topological polar surface area (TPSA) is 108 Å². The number of anilines is 2. The van der Waals surface area contributed by atoms with E-state index in [1.807, 2.05) is 54.6 Å². The summed E-state index contributed by atoms with van der Waals surface area (Å²) in [6.45, 7) is 3.34. The Morgan fingerprint density at radius 3 is 2.11 bits per heavy atom. The molecule has 0 aliphatic rings. The van der Waals surface area contributed by atoms with E-state index in [2.05, 4.69) is 31.2 Å². The van der Waals surface area contributed by atoms with Crippen LogP contribution in [0.15, 0.2) is 72.8 Å². The summed E-state index contributed by atoms with van der Waals surface area (Å²) in [5.74, 6) is 1.53. The summed E-state index contributed by atoms with van der Waals surface area (Å²) in [5, 5.41) is 14.7. The van der Waals surface area contributed by atoms with Crippen molar-refractivity contribution in [3.8, 4) is 11.4 Å². The third kappa shape index (κ3) is 6.70. The predicted octanol–water partition coefficient (Wildman–Crippen LogP) is 4.34. The second-order valence-electron chi connectivity index (χ2n) is 8.09. The highest BCUT2D eigenvalue weighted by molar-refractivity contribution is 6.30. The molecule has 0 bridgehead atoms. The lowest BCUT2D eigenvalue weighted by molar-refractivity contribution is -0.118. The van der Waals surface area contributed by atoms with Crippen LogP contribution in [-0.4, -0.2) is 48.0 Å². The maximum Gasteiger partial charge on any atom is 0.251 e. The van der Waals surface area contributed by atoms with Crippen molar-refractivity contribution in [1.82, 2.24) is 20.6 Å². The smallest absolute Gasteiger partial charge is 0.251 e. The summed E-state index contributed by atoms with van der Waals surface area (Å²) in [7, 11) is 0. The van der Waals surface area contributed by atoms with Gasteiger partial charge in [0.1, 0.15) is 11.6 Å². The number of carbonyl (C=O) groups excluding carboxylic acids is 2. The average Bonchev–Trinajstić information content (AvgIpc) is 2.89. The van der Waals surface area contributed by atoms with E-state index in [1.54, 1.807) is 18.2 Å². The Morgan fingerprint density at radius 2 is 1.42 bits per heavy atom. The van der Waals surface area contributed by atoms with Crippen LogP contribution in [0.2, 0.25) is 5.02 Å². The Hall–Kier alpha value is -4.17. The van der Waals surface area contributed by atoms with Gasteiger partial charge in [0.15, 0.2) is 5.82 Å². The van der Waals surface area contributed by atoms with Crippen molar-refractivity contribution in [1.29, 1.82) is 0 Å². The molecule has 0 fully saturated rings. The van der Waals surface area contributed by atoms with Crippen molar-refractivity contribution >= 4 is 45.8 Å². The first-order chi connectivity index (χ1) is 17.5. The Labute approximate surface area is 214 Å². The van der Waals surface area contributed by atoms with Crippen LogP contribution in [0.5, 0.6) is 0 Å². The quantitative estimate of drug-likeness (QED) is 0.240. The molecule has 0 aliphatic heterocycles. The van der Waals surface area contributed by atoms with E-state index >= 15 is 0 Å². The van der Waals surface area contributed by atoms with Crippen molar-refractivity contribution < 1.29 is 9.59 Å².